The van der Waals surface area contributed by atoms with Gasteiger partial charge in [0.25, 0.3) is 0 Å². The van der Waals surface area contributed by atoms with Gasteiger partial charge < -0.3 is 17.7 Å². The van der Waals surface area contributed by atoms with Crippen LogP contribution in [-0.2, 0) is 48.4 Å². The Kier molecular flexibility index (Phi) is 16.8. The van der Waals surface area contributed by atoms with Gasteiger partial charge in [-0.05, 0) is 25.9 Å². The number of Topliss-reactive ketones (excluding diaryl/α,β-unsaturated/α-hetero) is 4. The van der Waals surface area contributed by atoms with Crippen LogP contribution in [0.2, 0.25) is 23.2 Å². The van der Waals surface area contributed by atoms with Crippen LogP contribution in [0.3, 0.4) is 0 Å². The summed E-state index contributed by atoms with van der Waals surface area (Å²) in [5, 5.41) is 0. The van der Waals surface area contributed by atoms with Crippen molar-refractivity contribution < 1.29 is 57.9 Å². The summed E-state index contributed by atoms with van der Waals surface area (Å²) in [5.41, 5.74) is -0.617. The molecule has 0 aliphatic rings. The Morgan fingerprint density at radius 1 is 0.590 bits per heavy atom. The van der Waals surface area contributed by atoms with Gasteiger partial charge in [0, 0.05) is 39.6 Å². The molecular weight excluding hydrogens is 716 g/mol. The van der Waals surface area contributed by atoms with E-state index in [4.69, 9.17) is 17.7 Å². The Hall–Kier alpha value is -1.92. The molecule has 2 aromatic rings. The Bertz CT molecular complexity index is 956. The molecule has 216 valence electrons. The van der Waals surface area contributed by atoms with Crippen molar-refractivity contribution in [1.82, 2.24) is 0 Å². The van der Waals surface area contributed by atoms with Gasteiger partial charge in [0.15, 0.2) is 11.6 Å². The van der Waals surface area contributed by atoms with Crippen LogP contribution in [0.4, 0.5) is 0 Å². The molecule has 39 heavy (non-hydrogen) atoms. The minimum absolute atomic E-state index is 0. The van der Waals surface area contributed by atoms with Crippen LogP contribution in [0.25, 0.3) is 0 Å². The molecule has 0 bridgehead atoms. The van der Waals surface area contributed by atoms with E-state index in [2.05, 4.69) is 0 Å². The van der Waals surface area contributed by atoms with E-state index in [1.807, 2.05) is 26.0 Å². The second-order valence-electron chi connectivity index (χ2n) is 8.70. The molecule has 0 spiro atoms. The molecular formula is C28H40O8PtSi2+2. The summed E-state index contributed by atoms with van der Waals surface area (Å²) in [6, 6.07) is 18.7. The zero-order valence-electron chi connectivity index (χ0n) is 23.9. The molecule has 0 N–H and O–H groups in total. The van der Waals surface area contributed by atoms with Crippen LogP contribution < -0.4 is 0 Å². The third-order valence-corrected chi connectivity index (χ3v) is 14.5. The molecule has 2 unspecified atom stereocenters. The van der Waals surface area contributed by atoms with E-state index in [0.717, 1.165) is 0 Å². The average molecular weight is 756 g/mol. The number of benzene rings is 2. The van der Waals surface area contributed by atoms with Gasteiger partial charge >= 0.3 is 38.2 Å². The van der Waals surface area contributed by atoms with Crippen LogP contribution in [0.5, 0.6) is 0 Å². The molecule has 2 atom stereocenters. The van der Waals surface area contributed by atoms with Gasteiger partial charge in [-0.25, -0.2) is 0 Å². The number of hydrogen-bond donors (Lipinski definition) is 0. The molecule has 2 rings (SSSR count). The largest absolute Gasteiger partial charge is 2.00 e. The molecule has 2 aromatic carbocycles. The number of carbonyl (C=O) groups excluding carboxylic acids is 4. The first kappa shape index (κ1) is 37.1. The van der Waals surface area contributed by atoms with Crippen LogP contribution in [-0.4, -0.2) is 68.7 Å². The van der Waals surface area contributed by atoms with Crippen LogP contribution in [0, 0.1) is 0 Å². The number of hydrogen-bond acceptors (Lipinski definition) is 8. The predicted octanol–water partition coefficient (Wildman–Crippen LogP) is 5.16. The van der Waals surface area contributed by atoms with Crippen molar-refractivity contribution >= 4 is 40.3 Å². The quantitative estimate of drug-likeness (QED) is 0.148. The number of carbonyl (C=O) groups is 4. The topological polar surface area (TPSA) is 105 Å². The molecule has 0 amide bonds. The fourth-order valence-corrected chi connectivity index (χ4v) is 10.2. The zero-order valence-corrected chi connectivity index (χ0v) is 28.2. The standard InChI is InChI=1S/2C14H20O4Si.Pt/c2*1-5-19(17-3,18-4)14(11(2)15)13(16)12-9-7-6-8-10-12;/h2*6-10,14H,5H2,1-4H3;/q;;+2. The molecule has 0 aromatic heterocycles. The Labute approximate surface area is 248 Å². The first-order valence-electron chi connectivity index (χ1n) is 12.4. The molecule has 0 heterocycles. The Balaban J connectivity index is 0.000000722. The Morgan fingerprint density at radius 3 is 1.03 bits per heavy atom. The molecule has 0 aliphatic carbocycles. The summed E-state index contributed by atoms with van der Waals surface area (Å²) in [6.45, 7) is 6.60. The zero-order chi connectivity index (χ0) is 28.9. The van der Waals surface area contributed by atoms with Crippen molar-refractivity contribution in [3.05, 3.63) is 71.8 Å². The smallest absolute Gasteiger partial charge is 0.397 e. The van der Waals surface area contributed by atoms with E-state index in [0.29, 0.717) is 23.2 Å². The first-order chi connectivity index (χ1) is 18.0. The molecule has 0 saturated carbocycles. The van der Waals surface area contributed by atoms with Gasteiger partial charge in [0.05, 0.1) is 0 Å². The minimum atomic E-state index is -2.85. The average Bonchev–Trinajstić information content (AvgIpc) is 2.95. The van der Waals surface area contributed by atoms with Gasteiger partial charge in [-0.2, -0.15) is 0 Å². The number of ketones is 4. The molecule has 0 radical (unpaired) electrons. The fraction of sp³-hybridized carbons (Fsp3) is 0.429. The van der Waals surface area contributed by atoms with Crippen molar-refractivity contribution in [3.8, 4) is 0 Å². The summed E-state index contributed by atoms with van der Waals surface area (Å²) >= 11 is 0. The first-order valence-corrected chi connectivity index (χ1v) is 16.6. The SMILES string of the molecule is CC[Si](OC)(OC)C(C(C)=O)C(=O)c1ccccc1.CC[Si](OC)(OC)C(C(C)=O)C(=O)c1ccccc1.[Pt+2]. The molecule has 0 fully saturated rings. The summed E-state index contributed by atoms with van der Waals surface area (Å²) in [6.07, 6.45) is 0. The second kappa shape index (κ2) is 17.7. The molecule has 0 aliphatic heterocycles. The van der Waals surface area contributed by atoms with E-state index in [1.165, 1.54) is 42.3 Å². The van der Waals surface area contributed by atoms with Gasteiger partial charge in [0.2, 0.25) is 0 Å². The third kappa shape index (κ3) is 9.04. The summed E-state index contributed by atoms with van der Waals surface area (Å²) in [4.78, 5) is 49.0. The maximum absolute atomic E-state index is 12.6. The van der Waals surface area contributed by atoms with Crippen LogP contribution in [0.15, 0.2) is 60.7 Å². The van der Waals surface area contributed by atoms with Crippen LogP contribution >= 0.6 is 0 Å². The third-order valence-electron chi connectivity index (χ3n) is 6.70. The normalized spacial score (nSPS) is 12.7. The van der Waals surface area contributed by atoms with Gasteiger partial charge in [0.1, 0.15) is 22.6 Å². The van der Waals surface area contributed by atoms with E-state index >= 15 is 0 Å². The minimum Gasteiger partial charge on any atom is -0.397 e. The summed E-state index contributed by atoms with van der Waals surface area (Å²) in [5.74, 6) is -0.840. The van der Waals surface area contributed by atoms with Crippen molar-refractivity contribution in [2.75, 3.05) is 28.4 Å². The van der Waals surface area contributed by atoms with Crippen LogP contribution in [0.1, 0.15) is 48.4 Å². The summed E-state index contributed by atoms with van der Waals surface area (Å²) < 4.78 is 21.9. The molecule has 0 saturated heterocycles. The van der Waals surface area contributed by atoms with Crippen molar-refractivity contribution in [2.45, 2.75) is 50.9 Å². The van der Waals surface area contributed by atoms with Gasteiger partial charge in [-0.1, -0.05) is 74.5 Å². The second-order valence-corrected chi connectivity index (χ2v) is 16.1. The Morgan fingerprint density at radius 2 is 0.846 bits per heavy atom. The van der Waals surface area contributed by atoms with Gasteiger partial charge in [-0.15, -0.1) is 0 Å². The monoisotopic (exact) mass is 755 g/mol. The van der Waals surface area contributed by atoms with E-state index in [-0.39, 0.29) is 44.2 Å². The van der Waals surface area contributed by atoms with Crippen molar-refractivity contribution in [1.29, 1.82) is 0 Å². The predicted molar refractivity (Wildman–Crippen MR) is 151 cm³/mol. The van der Waals surface area contributed by atoms with Gasteiger partial charge in [-0.3, -0.25) is 19.2 Å². The van der Waals surface area contributed by atoms with Crippen molar-refractivity contribution in [2.24, 2.45) is 0 Å². The summed E-state index contributed by atoms with van der Waals surface area (Å²) in [7, 11) is 0.320. The maximum atomic E-state index is 12.6. The fourth-order valence-electron chi connectivity index (χ4n) is 4.55. The van der Waals surface area contributed by atoms with E-state index < -0.39 is 28.2 Å². The maximum Gasteiger partial charge on any atom is 2.00 e. The van der Waals surface area contributed by atoms with E-state index in [1.54, 1.807) is 48.5 Å². The molecule has 11 heteroatoms. The number of rotatable bonds is 14. The molecule has 8 nitrogen and oxygen atoms in total. The van der Waals surface area contributed by atoms with E-state index in [9.17, 15) is 19.2 Å². The van der Waals surface area contributed by atoms with Crippen molar-refractivity contribution in [3.63, 3.8) is 0 Å².